The van der Waals surface area contributed by atoms with E-state index in [2.05, 4.69) is 51.5 Å². The molecule has 0 bridgehead atoms. The number of rotatable bonds is 5. The summed E-state index contributed by atoms with van der Waals surface area (Å²) in [5.74, 6) is 4.14. The Morgan fingerprint density at radius 2 is 2.09 bits per heavy atom. The molecule has 0 N–H and O–H groups in total. The van der Waals surface area contributed by atoms with Gasteiger partial charge in [0.05, 0.1) is 19.6 Å². The number of nitrogens with zero attached hydrogens (tertiary/aromatic N) is 5. The Kier molecular flexibility index (Phi) is 4.82. The van der Waals surface area contributed by atoms with Crippen molar-refractivity contribution in [3.05, 3.63) is 35.3 Å². The Hall–Kier alpha value is -1.66. The molecule has 0 aliphatic carbocycles. The van der Waals surface area contributed by atoms with E-state index in [4.69, 9.17) is 4.42 Å². The molecule has 126 valence electrons. The molecule has 0 unspecified atom stereocenters. The number of furan rings is 1. The quantitative estimate of drug-likeness (QED) is 0.848. The third-order valence-corrected chi connectivity index (χ3v) is 4.57. The predicted molar refractivity (Wildman–Crippen MR) is 88.8 cm³/mol. The van der Waals surface area contributed by atoms with Gasteiger partial charge >= 0.3 is 0 Å². The van der Waals surface area contributed by atoms with Gasteiger partial charge in [-0.05, 0) is 46.4 Å². The Morgan fingerprint density at radius 1 is 1.26 bits per heavy atom. The summed E-state index contributed by atoms with van der Waals surface area (Å²) >= 11 is 0. The molecule has 0 atom stereocenters. The zero-order chi connectivity index (χ0) is 16.4. The normalized spacial score (nSPS) is 16.1. The van der Waals surface area contributed by atoms with Gasteiger partial charge in [0.15, 0.2) is 0 Å². The summed E-state index contributed by atoms with van der Waals surface area (Å²) in [5, 5.41) is 8.87. The summed E-state index contributed by atoms with van der Waals surface area (Å²) in [7, 11) is 2.13. The summed E-state index contributed by atoms with van der Waals surface area (Å²) < 4.78 is 8.01. The van der Waals surface area contributed by atoms with Crippen molar-refractivity contribution < 1.29 is 4.42 Å². The van der Waals surface area contributed by atoms with E-state index in [-0.39, 0.29) is 0 Å². The Balaban J connectivity index is 1.70. The van der Waals surface area contributed by atoms with Crippen molar-refractivity contribution in [2.45, 2.75) is 59.4 Å². The Bertz CT molecular complexity index is 645. The number of hydrogen-bond acceptors (Lipinski definition) is 5. The third kappa shape index (κ3) is 3.82. The standard InChI is InChI=1S/C17H27N5O/c1-13(2)20(4)11-16-18-19-17-12-21(8-5-9-22(16)17)10-15-7-6-14(3)23-15/h6-7,13H,5,8-12H2,1-4H3. The lowest BCUT2D eigenvalue weighted by molar-refractivity contribution is 0.235. The fourth-order valence-electron chi connectivity index (χ4n) is 2.93. The first kappa shape index (κ1) is 16.2. The Labute approximate surface area is 138 Å². The van der Waals surface area contributed by atoms with E-state index in [0.717, 1.165) is 62.3 Å². The molecule has 1 aliphatic rings. The maximum atomic E-state index is 5.71. The predicted octanol–water partition coefficient (Wildman–Crippen LogP) is 2.43. The highest BCUT2D eigenvalue weighted by Gasteiger charge is 2.21. The SMILES string of the molecule is Cc1ccc(CN2CCCn3c(nnc3CN(C)C(C)C)C2)o1. The second-order valence-corrected chi connectivity index (χ2v) is 6.77. The van der Waals surface area contributed by atoms with Crippen LogP contribution in [0.4, 0.5) is 0 Å². The second kappa shape index (κ2) is 6.84. The van der Waals surface area contributed by atoms with E-state index in [9.17, 15) is 0 Å². The number of hydrogen-bond donors (Lipinski definition) is 0. The monoisotopic (exact) mass is 317 g/mol. The van der Waals surface area contributed by atoms with Crippen molar-refractivity contribution >= 4 is 0 Å². The first-order chi connectivity index (χ1) is 11.0. The third-order valence-electron chi connectivity index (χ3n) is 4.57. The minimum absolute atomic E-state index is 0.507. The fourth-order valence-corrected chi connectivity index (χ4v) is 2.93. The molecular weight excluding hydrogens is 290 g/mol. The second-order valence-electron chi connectivity index (χ2n) is 6.77. The summed E-state index contributed by atoms with van der Waals surface area (Å²) in [6.07, 6.45) is 1.11. The van der Waals surface area contributed by atoms with Crippen molar-refractivity contribution in [3.8, 4) is 0 Å². The smallest absolute Gasteiger partial charge is 0.147 e. The summed E-state index contributed by atoms with van der Waals surface area (Å²) in [4.78, 5) is 4.69. The lowest BCUT2D eigenvalue weighted by Crippen LogP contribution is -2.27. The van der Waals surface area contributed by atoms with Crippen LogP contribution >= 0.6 is 0 Å². The highest BCUT2D eigenvalue weighted by atomic mass is 16.3. The maximum absolute atomic E-state index is 5.71. The van der Waals surface area contributed by atoms with Crippen LogP contribution in [0.5, 0.6) is 0 Å². The van der Waals surface area contributed by atoms with Gasteiger partial charge in [-0.15, -0.1) is 10.2 Å². The molecule has 6 heteroatoms. The van der Waals surface area contributed by atoms with E-state index in [1.807, 2.05) is 13.0 Å². The summed E-state index contributed by atoms with van der Waals surface area (Å²) in [6, 6.07) is 4.59. The number of aryl methyl sites for hydroxylation is 1. The molecule has 0 spiro atoms. The van der Waals surface area contributed by atoms with Gasteiger partial charge < -0.3 is 8.98 Å². The van der Waals surface area contributed by atoms with Gasteiger partial charge in [0, 0.05) is 19.1 Å². The molecule has 3 rings (SSSR count). The van der Waals surface area contributed by atoms with Crippen molar-refractivity contribution in [2.24, 2.45) is 0 Å². The molecule has 6 nitrogen and oxygen atoms in total. The molecule has 0 saturated carbocycles. The van der Waals surface area contributed by atoms with Gasteiger partial charge in [-0.3, -0.25) is 9.80 Å². The maximum Gasteiger partial charge on any atom is 0.147 e. The van der Waals surface area contributed by atoms with Crippen LogP contribution in [0.25, 0.3) is 0 Å². The van der Waals surface area contributed by atoms with Gasteiger partial charge in [0.2, 0.25) is 0 Å². The van der Waals surface area contributed by atoms with Crippen LogP contribution in [0.15, 0.2) is 16.5 Å². The lowest BCUT2D eigenvalue weighted by atomic mass is 10.3. The lowest BCUT2D eigenvalue weighted by Gasteiger charge is -2.20. The van der Waals surface area contributed by atoms with Crippen LogP contribution < -0.4 is 0 Å². The van der Waals surface area contributed by atoms with Gasteiger partial charge in [-0.2, -0.15) is 0 Å². The van der Waals surface area contributed by atoms with Gasteiger partial charge in [0.25, 0.3) is 0 Å². The first-order valence-electron chi connectivity index (χ1n) is 8.42. The largest absolute Gasteiger partial charge is 0.465 e. The zero-order valence-electron chi connectivity index (χ0n) is 14.6. The summed E-state index contributed by atoms with van der Waals surface area (Å²) in [5.41, 5.74) is 0. The molecule has 3 heterocycles. The zero-order valence-corrected chi connectivity index (χ0v) is 14.6. The van der Waals surface area contributed by atoms with Crippen LogP contribution in [-0.2, 0) is 26.2 Å². The van der Waals surface area contributed by atoms with Crippen molar-refractivity contribution in [3.63, 3.8) is 0 Å². The van der Waals surface area contributed by atoms with Crippen molar-refractivity contribution in [1.29, 1.82) is 0 Å². The molecule has 0 saturated heterocycles. The molecular formula is C17H27N5O. The van der Waals surface area contributed by atoms with E-state index in [1.54, 1.807) is 0 Å². The molecule has 2 aromatic rings. The van der Waals surface area contributed by atoms with Crippen LogP contribution in [0.1, 0.15) is 43.4 Å². The van der Waals surface area contributed by atoms with Crippen molar-refractivity contribution in [1.82, 2.24) is 24.6 Å². The molecule has 0 amide bonds. The molecule has 23 heavy (non-hydrogen) atoms. The van der Waals surface area contributed by atoms with Gasteiger partial charge in [-0.25, -0.2) is 0 Å². The van der Waals surface area contributed by atoms with Crippen LogP contribution in [-0.4, -0.2) is 44.2 Å². The van der Waals surface area contributed by atoms with Crippen LogP contribution in [0, 0.1) is 6.92 Å². The van der Waals surface area contributed by atoms with E-state index < -0.39 is 0 Å². The van der Waals surface area contributed by atoms with Crippen LogP contribution in [0.3, 0.4) is 0 Å². The minimum atomic E-state index is 0.507. The summed E-state index contributed by atoms with van der Waals surface area (Å²) in [6.45, 7) is 11.0. The highest BCUT2D eigenvalue weighted by Crippen LogP contribution is 2.17. The fraction of sp³-hybridized carbons (Fsp3) is 0.647. The van der Waals surface area contributed by atoms with Crippen molar-refractivity contribution in [2.75, 3.05) is 13.6 Å². The molecule has 0 aromatic carbocycles. The average Bonchev–Trinajstić information content (AvgIpc) is 3.00. The van der Waals surface area contributed by atoms with E-state index in [1.165, 1.54) is 0 Å². The molecule has 0 radical (unpaired) electrons. The van der Waals surface area contributed by atoms with Crippen LogP contribution in [0.2, 0.25) is 0 Å². The minimum Gasteiger partial charge on any atom is -0.465 e. The first-order valence-corrected chi connectivity index (χ1v) is 8.42. The number of fused-ring (bicyclic) bond motifs is 1. The van der Waals surface area contributed by atoms with E-state index in [0.29, 0.717) is 6.04 Å². The topological polar surface area (TPSA) is 50.3 Å². The average molecular weight is 317 g/mol. The van der Waals surface area contributed by atoms with Gasteiger partial charge in [0.1, 0.15) is 23.2 Å². The molecule has 0 fully saturated rings. The van der Waals surface area contributed by atoms with Gasteiger partial charge in [-0.1, -0.05) is 0 Å². The van der Waals surface area contributed by atoms with E-state index >= 15 is 0 Å². The number of aromatic nitrogens is 3. The Morgan fingerprint density at radius 3 is 2.78 bits per heavy atom. The molecule has 2 aromatic heterocycles. The highest BCUT2D eigenvalue weighted by molar-refractivity contribution is 5.06. The molecule has 1 aliphatic heterocycles.